The number of amides is 1. The number of carbonyl (C=O) groups excluding carboxylic acids is 1. The van der Waals surface area contributed by atoms with Gasteiger partial charge in [-0.15, -0.1) is 0 Å². The Hall–Kier alpha value is -3.02. The van der Waals surface area contributed by atoms with Crippen molar-refractivity contribution in [1.82, 2.24) is 15.1 Å². The predicted molar refractivity (Wildman–Crippen MR) is 113 cm³/mol. The molecule has 1 heterocycles. The highest BCUT2D eigenvalue weighted by Crippen LogP contribution is 2.31. The van der Waals surface area contributed by atoms with Crippen LogP contribution in [0.1, 0.15) is 32.4 Å². The molecule has 4 rings (SSSR count). The van der Waals surface area contributed by atoms with Crippen LogP contribution in [-0.4, -0.2) is 34.9 Å². The quantitative estimate of drug-likeness (QED) is 0.628. The van der Waals surface area contributed by atoms with E-state index in [-0.39, 0.29) is 11.9 Å². The zero-order valence-corrected chi connectivity index (χ0v) is 17.1. The van der Waals surface area contributed by atoms with Crippen LogP contribution in [0.5, 0.6) is 11.5 Å². The SMILES string of the molecule is CC(=O)NC(C)COc1ccc(-n2nc3cc(OCC4CC4)ccc3c2C)cc1. The van der Waals surface area contributed by atoms with Crippen LogP contribution in [0.15, 0.2) is 42.5 Å². The molecule has 2 aromatic carbocycles. The van der Waals surface area contributed by atoms with E-state index in [9.17, 15) is 4.79 Å². The molecule has 0 radical (unpaired) electrons. The van der Waals surface area contributed by atoms with Crippen LogP contribution in [0.2, 0.25) is 0 Å². The summed E-state index contributed by atoms with van der Waals surface area (Å²) in [7, 11) is 0. The van der Waals surface area contributed by atoms with Crippen molar-refractivity contribution in [2.75, 3.05) is 13.2 Å². The summed E-state index contributed by atoms with van der Waals surface area (Å²) in [5, 5.41) is 8.70. The van der Waals surface area contributed by atoms with Crippen molar-refractivity contribution in [1.29, 1.82) is 0 Å². The molecule has 3 aromatic rings. The van der Waals surface area contributed by atoms with Gasteiger partial charge in [-0.1, -0.05) is 0 Å². The van der Waals surface area contributed by atoms with Crippen molar-refractivity contribution < 1.29 is 14.3 Å². The lowest BCUT2D eigenvalue weighted by Gasteiger charge is -2.14. The minimum absolute atomic E-state index is 0.0397. The summed E-state index contributed by atoms with van der Waals surface area (Å²) in [5.41, 5.74) is 2.99. The number of nitrogens with one attached hydrogen (secondary N) is 1. The number of ether oxygens (including phenoxy) is 2. The van der Waals surface area contributed by atoms with Crippen LogP contribution in [0.3, 0.4) is 0 Å². The maximum atomic E-state index is 11.1. The van der Waals surface area contributed by atoms with Gasteiger partial charge in [-0.2, -0.15) is 5.10 Å². The lowest BCUT2D eigenvalue weighted by Crippen LogP contribution is -2.35. The number of carbonyl (C=O) groups is 1. The van der Waals surface area contributed by atoms with Crippen molar-refractivity contribution in [2.45, 2.75) is 39.7 Å². The zero-order valence-electron chi connectivity index (χ0n) is 17.1. The molecule has 1 saturated carbocycles. The first-order chi connectivity index (χ1) is 14.0. The van der Waals surface area contributed by atoms with Crippen LogP contribution in [-0.2, 0) is 4.79 Å². The molecule has 1 fully saturated rings. The molecule has 0 spiro atoms. The maximum absolute atomic E-state index is 11.1. The van der Waals surface area contributed by atoms with Crippen molar-refractivity contribution >= 4 is 16.8 Å². The summed E-state index contributed by atoms with van der Waals surface area (Å²) < 4.78 is 13.6. The highest BCUT2D eigenvalue weighted by atomic mass is 16.5. The fraction of sp³-hybridized carbons (Fsp3) is 0.391. The van der Waals surface area contributed by atoms with Gasteiger partial charge in [0.25, 0.3) is 0 Å². The third-order valence-electron chi connectivity index (χ3n) is 5.10. The topological polar surface area (TPSA) is 65.4 Å². The smallest absolute Gasteiger partial charge is 0.217 e. The second-order valence-electron chi connectivity index (χ2n) is 7.84. The molecule has 1 aliphatic carbocycles. The number of hydrogen-bond donors (Lipinski definition) is 1. The van der Waals surface area contributed by atoms with Crippen LogP contribution >= 0.6 is 0 Å². The minimum Gasteiger partial charge on any atom is -0.493 e. The van der Waals surface area contributed by atoms with Crippen molar-refractivity contribution in [2.24, 2.45) is 5.92 Å². The molecule has 152 valence electrons. The van der Waals surface area contributed by atoms with E-state index in [4.69, 9.17) is 14.6 Å². The van der Waals surface area contributed by atoms with E-state index in [0.29, 0.717) is 6.61 Å². The number of rotatable bonds is 8. The summed E-state index contributed by atoms with van der Waals surface area (Å²) in [5.74, 6) is 2.31. The number of aromatic nitrogens is 2. The highest BCUT2D eigenvalue weighted by Gasteiger charge is 2.22. The molecule has 1 amide bonds. The maximum Gasteiger partial charge on any atom is 0.217 e. The van der Waals surface area contributed by atoms with E-state index in [1.807, 2.05) is 48.0 Å². The summed E-state index contributed by atoms with van der Waals surface area (Å²) in [6, 6.07) is 13.9. The second kappa shape index (κ2) is 8.15. The Morgan fingerprint density at radius 1 is 1.17 bits per heavy atom. The van der Waals surface area contributed by atoms with Crippen LogP contribution in [0.4, 0.5) is 0 Å². The normalized spacial score (nSPS) is 14.6. The Morgan fingerprint density at radius 3 is 2.59 bits per heavy atom. The number of nitrogens with zero attached hydrogens (tertiary/aromatic N) is 2. The largest absolute Gasteiger partial charge is 0.493 e. The van der Waals surface area contributed by atoms with Gasteiger partial charge in [0.1, 0.15) is 18.1 Å². The first-order valence-electron chi connectivity index (χ1n) is 10.1. The number of aryl methyl sites for hydroxylation is 1. The van der Waals surface area contributed by atoms with E-state index in [1.165, 1.54) is 19.8 Å². The summed E-state index contributed by atoms with van der Waals surface area (Å²) in [4.78, 5) is 11.1. The molecular formula is C23H27N3O3. The Labute approximate surface area is 170 Å². The first-order valence-corrected chi connectivity index (χ1v) is 10.1. The minimum atomic E-state index is -0.0567. The monoisotopic (exact) mass is 393 g/mol. The average molecular weight is 393 g/mol. The van der Waals surface area contributed by atoms with Crippen LogP contribution in [0, 0.1) is 12.8 Å². The van der Waals surface area contributed by atoms with E-state index in [0.717, 1.165) is 46.3 Å². The molecule has 6 heteroatoms. The Morgan fingerprint density at radius 2 is 1.90 bits per heavy atom. The second-order valence-corrected chi connectivity index (χ2v) is 7.84. The highest BCUT2D eigenvalue weighted by molar-refractivity contribution is 5.83. The van der Waals surface area contributed by atoms with E-state index in [2.05, 4.69) is 18.3 Å². The molecule has 1 N–H and O–H groups in total. The predicted octanol–water partition coefficient (Wildman–Crippen LogP) is 4.03. The van der Waals surface area contributed by atoms with Gasteiger partial charge in [0, 0.05) is 24.1 Å². The van der Waals surface area contributed by atoms with Gasteiger partial charge in [0.15, 0.2) is 0 Å². The molecule has 0 bridgehead atoms. The van der Waals surface area contributed by atoms with Gasteiger partial charge >= 0.3 is 0 Å². The molecule has 1 atom stereocenters. The number of fused-ring (bicyclic) bond motifs is 1. The van der Waals surface area contributed by atoms with Gasteiger partial charge in [0.05, 0.1) is 23.9 Å². The van der Waals surface area contributed by atoms with E-state index >= 15 is 0 Å². The van der Waals surface area contributed by atoms with Crippen LogP contribution < -0.4 is 14.8 Å². The lowest BCUT2D eigenvalue weighted by atomic mass is 10.2. The van der Waals surface area contributed by atoms with E-state index < -0.39 is 0 Å². The summed E-state index contributed by atoms with van der Waals surface area (Å²) in [6.07, 6.45) is 2.56. The third-order valence-corrected chi connectivity index (χ3v) is 5.10. The average Bonchev–Trinajstić information content (AvgIpc) is 3.48. The summed E-state index contributed by atoms with van der Waals surface area (Å²) in [6.45, 7) is 6.71. The molecule has 1 unspecified atom stereocenters. The van der Waals surface area contributed by atoms with Gasteiger partial charge in [-0.3, -0.25) is 4.79 Å². The zero-order chi connectivity index (χ0) is 20.4. The third kappa shape index (κ3) is 4.70. The van der Waals surface area contributed by atoms with Gasteiger partial charge in [-0.25, -0.2) is 4.68 Å². The van der Waals surface area contributed by atoms with Crippen LogP contribution in [0.25, 0.3) is 16.6 Å². The summed E-state index contributed by atoms with van der Waals surface area (Å²) >= 11 is 0. The fourth-order valence-corrected chi connectivity index (χ4v) is 3.33. The molecule has 29 heavy (non-hydrogen) atoms. The van der Waals surface area contributed by atoms with Gasteiger partial charge < -0.3 is 14.8 Å². The molecule has 1 aromatic heterocycles. The Kier molecular flexibility index (Phi) is 5.43. The first kappa shape index (κ1) is 19.3. The lowest BCUT2D eigenvalue weighted by molar-refractivity contribution is -0.119. The number of benzene rings is 2. The van der Waals surface area contributed by atoms with Gasteiger partial charge in [0.2, 0.25) is 5.91 Å². The number of hydrogen-bond acceptors (Lipinski definition) is 4. The molecule has 1 aliphatic rings. The van der Waals surface area contributed by atoms with Gasteiger partial charge in [-0.05, 0) is 69.0 Å². The molecule has 6 nitrogen and oxygen atoms in total. The Bertz CT molecular complexity index is 1010. The molecular weight excluding hydrogens is 366 g/mol. The van der Waals surface area contributed by atoms with Crippen molar-refractivity contribution in [3.63, 3.8) is 0 Å². The fourth-order valence-electron chi connectivity index (χ4n) is 3.33. The van der Waals surface area contributed by atoms with Crippen molar-refractivity contribution in [3.8, 4) is 17.2 Å². The standard InChI is InChI=1S/C23H27N3O3/c1-15(24-17(3)27)13-28-20-8-6-19(7-9-20)26-16(2)22-11-10-21(12-23(22)25-26)29-14-18-4-5-18/h6-12,15,18H,4-5,13-14H2,1-3H3,(H,24,27). The van der Waals surface area contributed by atoms with E-state index in [1.54, 1.807) is 0 Å². The Balaban J connectivity index is 1.46. The molecule has 0 saturated heterocycles. The van der Waals surface area contributed by atoms with Crippen molar-refractivity contribution in [3.05, 3.63) is 48.2 Å². The molecule has 0 aliphatic heterocycles.